The monoisotopic (exact) mass is 498 g/mol. The van der Waals surface area contributed by atoms with E-state index in [0.29, 0.717) is 37.3 Å². The second-order valence-electron chi connectivity index (χ2n) is 9.92. The van der Waals surface area contributed by atoms with Gasteiger partial charge in [-0.3, -0.25) is 14.4 Å². The van der Waals surface area contributed by atoms with Crippen LogP contribution in [-0.2, 0) is 17.8 Å². The average molecular weight is 499 g/mol. The van der Waals surface area contributed by atoms with Crippen molar-refractivity contribution in [3.63, 3.8) is 0 Å². The minimum Gasteiger partial charge on any atom is -0.326 e. The predicted octanol–water partition coefficient (Wildman–Crippen LogP) is 3.43. The van der Waals surface area contributed by atoms with Crippen LogP contribution in [0.15, 0.2) is 77.6 Å². The smallest absolute Gasteiger partial charge is 0.318 e. The first kappa shape index (κ1) is 24.5. The van der Waals surface area contributed by atoms with Gasteiger partial charge in [-0.25, -0.2) is 4.79 Å². The highest BCUT2D eigenvalue weighted by molar-refractivity contribution is 5.98. The fourth-order valence-electron chi connectivity index (χ4n) is 5.38. The predicted molar refractivity (Wildman–Crippen MR) is 141 cm³/mol. The van der Waals surface area contributed by atoms with E-state index in [2.05, 4.69) is 10.6 Å². The minimum absolute atomic E-state index is 0.000957. The van der Waals surface area contributed by atoms with Crippen molar-refractivity contribution in [2.45, 2.75) is 38.3 Å². The molecule has 2 aromatic carbocycles. The van der Waals surface area contributed by atoms with Gasteiger partial charge in [0.15, 0.2) is 5.78 Å². The first-order valence-electron chi connectivity index (χ1n) is 12.6. The van der Waals surface area contributed by atoms with E-state index in [4.69, 9.17) is 0 Å². The van der Waals surface area contributed by atoms with Crippen LogP contribution in [0.3, 0.4) is 0 Å². The topological polar surface area (TPSA) is 101 Å². The number of carbonyl (C=O) groups excluding carboxylic acids is 3. The van der Waals surface area contributed by atoms with Crippen molar-refractivity contribution in [2.24, 2.45) is 5.92 Å². The number of rotatable bonds is 6. The first-order chi connectivity index (χ1) is 17.9. The normalized spacial score (nSPS) is 18.9. The summed E-state index contributed by atoms with van der Waals surface area (Å²) in [5.41, 5.74) is 3.01. The van der Waals surface area contributed by atoms with Crippen molar-refractivity contribution >= 4 is 23.4 Å². The molecule has 1 saturated heterocycles. The summed E-state index contributed by atoms with van der Waals surface area (Å²) >= 11 is 0. The Morgan fingerprint density at radius 1 is 0.919 bits per heavy atom. The zero-order valence-corrected chi connectivity index (χ0v) is 20.7. The highest BCUT2D eigenvalue weighted by Gasteiger charge is 2.37. The largest absolute Gasteiger partial charge is 0.326 e. The van der Waals surface area contributed by atoms with E-state index in [1.807, 2.05) is 41.0 Å². The van der Waals surface area contributed by atoms with Gasteiger partial charge in [0.25, 0.3) is 5.56 Å². The number of pyridine rings is 1. The summed E-state index contributed by atoms with van der Waals surface area (Å²) in [6, 6.07) is 20.5. The lowest BCUT2D eigenvalue weighted by Gasteiger charge is -2.43. The Kier molecular flexibility index (Phi) is 6.90. The molecule has 2 aliphatic rings. The standard InChI is InChI=1S/C29H30N4O4/c1-19(34)22-10-12-24(13-11-22)30-28(36)25(15-20-6-3-2-4-7-20)31-29(37)32-16-21-14-23(18-32)26-8-5-9-27(35)33(26)17-21/h2-13,21,23,25H,14-18H2,1H3,(H,30,36)(H,31,37)/t21-,23-,25-/m0/s1. The molecule has 8 heteroatoms. The van der Waals surface area contributed by atoms with Gasteiger partial charge in [-0.15, -0.1) is 0 Å². The van der Waals surface area contributed by atoms with Gasteiger partial charge in [0.2, 0.25) is 5.91 Å². The number of carbonyl (C=O) groups is 3. The number of fused-ring (bicyclic) bond motifs is 4. The lowest BCUT2D eigenvalue weighted by Crippen LogP contribution is -2.55. The molecule has 3 heterocycles. The molecule has 0 aliphatic carbocycles. The second-order valence-corrected chi connectivity index (χ2v) is 9.92. The van der Waals surface area contributed by atoms with E-state index in [1.165, 1.54) is 6.92 Å². The van der Waals surface area contributed by atoms with Gasteiger partial charge in [0.1, 0.15) is 6.04 Å². The fraction of sp³-hybridized carbons (Fsp3) is 0.310. The Bertz CT molecular complexity index is 1370. The van der Waals surface area contributed by atoms with E-state index < -0.39 is 6.04 Å². The molecule has 1 aromatic heterocycles. The number of piperidine rings is 1. The third-order valence-electron chi connectivity index (χ3n) is 7.22. The molecule has 0 radical (unpaired) electrons. The number of ketones is 1. The van der Waals surface area contributed by atoms with E-state index >= 15 is 0 Å². The van der Waals surface area contributed by atoms with Crippen LogP contribution in [0, 0.1) is 5.92 Å². The van der Waals surface area contributed by atoms with Crippen molar-refractivity contribution in [1.29, 1.82) is 0 Å². The Labute approximate surface area is 215 Å². The quantitative estimate of drug-likeness (QED) is 0.509. The molecule has 37 heavy (non-hydrogen) atoms. The number of likely N-dealkylation sites (tertiary alicyclic amines) is 1. The van der Waals surface area contributed by atoms with Gasteiger partial charge in [-0.2, -0.15) is 0 Å². The summed E-state index contributed by atoms with van der Waals surface area (Å²) in [5.74, 6) is -0.0978. The molecule has 0 unspecified atom stereocenters. The number of anilines is 1. The molecule has 2 aliphatic heterocycles. The van der Waals surface area contributed by atoms with Gasteiger partial charge in [0.05, 0.1) is 0 Å². The Balaban J connectivity index is 1.31. The molecule has 3 atom stereocenters. The second kappa shape index (κ2) is 10.4. The zero-order chi connectivity index (χ0) is 25.9. The molecule has 0 saturated carbocycles. The summed E-state index contributed by atoms with van der Waals surface area (Å²) in [4.78, 5) is 52.4. The van der Waals surface area contributed by atoms with Gasteiger partial charge >= 0.3 is 6.03 Å². The molecular weight excluding hydrogens is 468 g/mol. The average Bonchev–Trinajstić information content (AvgIpc) is 2.89. The molecule has 3 amide bonds. The molecule has 0 spiro atoms. The van der Waals surface area contributed by atoms with Gasteiger partial charge < -0.3 is 20.1 Å². The Morgan fingerprint density at radius 2 is 1.68 bits per heavy atom. The number of Topliss-reactive ketones (excluding diaryl/α,β-unsaturated/α-hetero) is 1. The van der Waals surface area contributed by atoms with Crippen LogP contribution in [0.25, 0.3) is 0 Å². The van der Waals surface area contributed by atoms with Crippen molar-refractivity contribution in [2.75, 3.05) is 18.4 Å². The van der Waals surface area contributed by atoms with Gasteiger partial charge in [0, 0.05) is 55.0 Å². The number of aromatic nitrogens is 1. The van der Waals surface area contributed by atoms with E-state index in [1.54, 1.807) is 41.3 Å². The maximum Gasteiger partial charge on any atom is 0.318 e. The summed E-state index contributed by atoms with van der Waals surface area (Å²) < 4.78 is 1.83. The SMILES string of the molecule is CC(=O)c1ccc(NC(=O)[C@H](Cc2ccccc2)NC(=O)N2C[C@@H]3C[C@@H](C2)c2cccc(=O)n2C3)cc1. The number of nitrogens with zero attached hydrogens (tertiary/aromatic N) is 2. The molecule has 2 bridgehead atoms. The molecule has 190 valence electrons. The summed E-state index contributed by atoms with van der Waals surface area (Å²) in [6.45, 7) is 3.12. The highest BCUT2D eigenvalue weighted by atomic mass is 16.2. The van der Waals surface area contributed by atoms with Crippen molar-refractivity contribution in [3.05, 3.63) is 100.0 Å². The molecular formula is C29H30N4O4. The van der Waals surface area contributed by atoms with E-state index in [9.17, 15) is 19.2 Å². The molecule has 2 N–H and O–H groups in total. The lowest BCUT2D eigenvalue weighted by molar-refractivity contribution is -0.118. The van der Waals surface area contributed by atoms with Gasteiger partial charge in [-0.1, -0.05) is 36.4 Å². The lowest BCUT2D eigenvalue weighted by atomic mass is 9.83. The van der Waals surface area contributed by atoms with Crippen molar-refractivity contribution in [3.8, 4) is 0 Å². The van der Waals surface area contributed by atoms with Crippen LogP contribution in [0.1, 0.15) is 40.9 Å². The van der Waals surface area contributed by atoms with E-state index in [0.717, 1.165) is 17.7 Å². The maximum atomic E-state index is 13.4. The van der Waals surface area contributed by atoms with Crippen molar-refractivity contribution in [1.82, 2.24) is 14.8 Å². The summed E-state index contributed by atoms with van der Waals surface area (Å²) in [7, 11) is 0. The van der Waals surface area contributed by atoms with Crippen molar-refractivity contribution < 1.29 is 14.4 Å². The molecule has 8 nitrogen and oxygen atoms in total. The number of hydrogen-bond acceptors (Lipinski definition) is 4. The molecule has 1 fully saturated rings. The highest BCUT2D eigenvalue weighted by Crippen LogP contribution is 2.34. The zero-order valence-electron chi connectivity index (χ0n) is 20.7. The number of benzene rings is 2. The van der Waals surface area contributed by atoms with Gasteiger partial charge in [-0.05, 0) is 55.2 Å². The van der Waals surface area contributed by atoms with Crippen LogP contribution >= 0.6 is 0 Å². The minimum atomic E-state index is -0.793. The van der Waals surface area contributed by atoms with Crippen LogP contribution in [-0.4, -0.2) is 46.3 Å². The number of hydrogen-bond donors (Lipinski definition) is 2. The summed E-state index contributed by atoms with van der Waals surface area (Å²) in [5, 5.41) is 5.84. The third kappa shape index (κ3) is 5.48. The summed E-state index contributed by atoms with van der Waals surface area (Å²) in [6.07, 6.45) is 1.28. The van der Waals surface area contributed by atoms with Crippen LogP contribution in [0.5, 0.6) is 0 Å². The van der Waals surface area contributed by atoms with Crippen LogP contribution < -0.4 is 16.2 Å². The molecule has 3 aromatic rings. The third-order valence-corrected chi connectivity index (χ3v) is 7.22. The Hall–Kier alpha value is -4.20. The number of nitrogens with one attached hydrogen (secondary N) is 2. The first-order valence-corrected chi connectivity index (χ1v) is 12.6. The fourth-order valence-corrected chi connectivity index (χ4v) is 5.38. The number of amides is 3. The van der Waals surface area contributed by atoms with Crippen LogP contribution in [0.2, 0.25) is 0 Å². The number of urea groups is 1. The maximum absolute atomic E-state index is 13.4. The van der Waals surface area contributed by atoms with E-state index in [-0.39, 0.29) is 35.1 Å². The molecule has 5 rings (SSSR count). The van der Waals surface area contributed by atoms with Crippen LogP contribution in [0.4, 0.5) is 10.5 Å². The Morgan fingerprint density at radius 3 is 2.41 bits per heavy atom.